The molecule has 0 aromatic carbocycles. The van der Waals surface area contributed by atoms with Crippen molar-refractivity contribution in [3.05, 3.63) is 28.0 Å². The number of halogens is 3. The zero-order valence-corrected chi connectivity index (χ0v) is 11.0. The highest BCUT2D eigenvalue weighted by Crippen LogP contribution is 2.31. The predicted octanol–water partition coefficient (Wildman–Crippen LogP) is 1.98. The van der Waals surface area contributed by atoms with Crippen LogP contribution in [0.5, 0.6) is 0 Å². The minimum Gasteiger partial charge on any atom is -0.461 e. The van der Waals surface area contributed by atoms with E-state index < -0.39 is 23.5 Å². The van der Waals surface area contributed by atoms with E-state index in [1.807, 2.05) is 0 Å². The average molecular weight is 306 g/mol. The van der Waals surface area contributed by atoms with Gasteiger partial charge >= 0.3 is 12.1 Å². The van der Waals surface area contributed by atoms with Crippen LogP contribution in [0.25, 0.3) is 0 Å². The topological polar surface area (TPSA) is 69.9 Å². The second-order valence-electron chi connectivity index (χ2n) is 3.59. The molecule has 0 saturated carbocycles. The molecule has 2 heterocycles. The molecule has 2 aromatic heterocycles. The highest BCUT2D eigenvalue weighted by Gasteiger charge is 2.42. The van der Waals surface area contributed by atoms with Crippen molar-refractivity contribution in [3.63, 3.8) is 0 Å². The number of hydrogen-bond acceptors (Lipinski definition) is 6. The quantitative estimate of drug-likeness (QED) is 0.808. The van der Waals surface area contributed by atoms with Gasteiger partial charge in [-0.05, 0) is 6.92 Å². The van der Waals surface area contributed by atoms with Crippen LogP contribution in [0.1, 0.15) is 28.1 Å². The summed E-state index contributed by atoms with van der Waals surface area (Å²) < 4.78 is 44.3. The van der Waals surface area contributed by atoms with Gasteiger partial charge in [-0.1, -0.05) is 5.21 Å². The number of nitrogens with zero attached hydrogens (tertiary/aromatic N) is 4. The van der Waals surface area contributed by atoms with E-state index in [4.69, 9.17) is 0 Å². The second-order valence-corrected chi connectivity index (χ2v) is 4.57. The standard InChI is InChI=1S/C10H9F3N4O2S/c1-2-19-9(18)7-8(10(11,12)13)17(16-15-7)5-6-14-3-4-20-6/h3-4H,2,5H2,1H3. The summed E-state index contributed by atoms with van der Waals surface area (Å²) in [4.78, 5) is 15.3. The predicted molar refractivity (Wildman–Crippen MR) is 62.2 cm³/mol. The first-order chi connectivity index (χ1) is 9.43. The van der Waals surface area contributed by atoms with E-state index in [1.165, 1.54) is 24.5 Å². The molecule has 0 amide bonds. The van der Waals surface area contributed by atoms with Gasteiger partial charge in [0, 0.05) is 11.6 Å². The van der Waals surface area contributed by atoms with Gasteiger partial charge in [-0.25, -0.2) is 14.5 Å². The number of carbonyl (C=O) groups is 1. The molecule has 0 unspecified atom stereocenters. The van der Waals surface area contributed by atoms with Crippen LogP contribution < -0.4 is 0 Å². The van der Waals surface area contributed by atoms with Crippen molar-refractivity contribution in [2.24, 2.45) is 0 Å². The van der Waals surface area contributed by atoms with Crippen LogP contribution in [0.2, 0.25) is 0 Å². The summed E-state index contributed by atoms with van der Waals surface area (Å²) in [5.41, 5.74) is -2.07. The molecular formula is C10H9F3N4O2S. The van der Waals surface area contributed by atoms with Crippen LogP contribution in [0.15, 0.2) is 11.6 Å². The number of ether oxygens (including phenoxy) is 1. The number of carbonyl (C=O) groups excluding carboxylic acids is 1. The Morgan fingerprint density at radius 2 is 2.25 bits per heavy atom. The van der Waals surface area contributed by atoms with Gasteiger partial charge in [-0.3, -0.25) is 0 Å². The summed E-state index contributed by atoms with van der Waals surface area (Å²) in [6.45, 7) is 1.24. The van der Waals surface area contributed by atoms with Crippen molar-refractivity contribution < 1.29 is 22.7 Å². The van der Waals surface area contributed by atoms with Gasteiger partial charge in [0.1, 0.15) is 5.01 Å². The number of rotatable bonds is 4. The first kappa shape index (κ1) is 14.4. The summed E-state index contributed by atoms with van der Waals surface area (Å²) in [6.07, 6.45) is -3.29. The molecule has 0 atom stereocenters. The Bertz CT molecular complexity index is 594. The maximum atomic E-state index is 13.0. The van der Waals surface area contributed by atoms with Gasteiger partial charge in [0.15, 0.2) is 5.69 Å². The first-order valence-electron chi connectivity index (χ1n) is 5.49. The normalized spacial score (nSPS) is 11.6. The molecule has 0 spiro atoms. The van der Waals surface area contributed by atoms with E-state index in [2.05, 4.69) is 20.0 Å². The smallest absolute Gasteiger partial charge is 0.435 e. The lowest BCUT2D eigenvalue weighted by Crippen LogP contribution is -2.20. The fourth-order valence-corrected chi connectivity index (χ4v) is 2.10. The summed E-state index contributed by atoms with van der Waals surface area (Å²) in [5, 5.41) is 8.71. The lowest BCUT2D eigenvalue weighted by Gasteiger charge is -2.09. The van der Waals surface area contributed by atoms with Crippen LogP contribution in [-0.4, -0.2) is 32.6 Å². The van der Waals surface area contributed by atoms with Crippen LogP contribution in [0.4, 0.5) is 13.2 Å². The summed E-state index contributed by atoms with van der Waals surface area (Å²) >= 11 is 1.18. The monoisotopic (exact) mass is 306 g/mol. The Morgan fingerprint density at radius 1 is 1.50 bits per heavy atom. The third-order valence-electron chi connectivity index (χ3n) is 2.24. The van der Waals surface area contributed by atoms with Gasteiger partial charge in [-0.15, -0.1) is 16.4 Å². The lowest BCUT2D eigenvalue weighted by atomic mass is 10.3. The first-order valence-corrected chi connectivity index (χ1v) is 6.37. The summed E-state index contributed by atoms with van der Waals surface area (Å²) in [5.74, 6) is -1.15. The lowest BCUT2D eigenvalue weighted by molar-refractivity contribution is -0.144. The van der Waals surface area contributed by atoms with E-state index in [-0.39, 0.29) is 13.2 Å². The number of alkyl halides is 3. The van der Waals surface area contributed by atoms with Gasteiger partial charge in [-0.2, -0.15) is 13.2 Å². The number of esters is 1. The SMILES string of the molecule is CCOC(=O)c1nnn(Cc2nccs2)c1C(F)(F)F. The zero-order chi connectivity index (χ0) is 14.8. The third-order valence-corrected chi connectivity index (χ3v) is 3.01. The molecule has 0 aliphatic carbocycles. The number of thiazole rings is 1. The molecule has 0 N–H and O–H groups in total. The molecular weight excluding hydrogens is 297 g/mol. The highest BCUT2D eigenvalue weighted by molar-refractivity contribution is 7.09. The van der Waals surface area contributed by atoms with Crippen LogP contribution >= 0.6 is 11.3 Å². The van der Waals surface area contributed by atoms with E-state index in [1.54, 1.807) is 5.38 Å². The highest BCUT2D eigenvalue weighted by atomic mass is 32.1. The van der Waals surface area contributed by atoms with Crippen LogP contribution in [0, 0.1) is 0 Å². The molecule has 6 nitrogen and oxygen atoms in total. The molecule has 0 saturated heterocycles. The Labute approximate surface area is 115 Å². The molecule has 20 heavy (non-hydrogen) atoms. The van der Waals surface area contributed by atoms with E-state index in [9.17, 15) is 18.0 Å². The van der Waals surface area contributed by atoms with Crippen molar-refractivity contribution in [2.75, 3.05) is 6.61 Å². The summed E-state index contributed by atoms with van der Waals surface area (Å²) in [6, 6.07) is 0. The summed E-state index contributed by atoms with van der Waals surface area (Å²) in [7, 11) is 0. The van der Waals surface area contributed by atoms with Crippen LogP contribution in [0.3, 0.4) is 0 Å². The number of hydrogen-bond donors (Lipinski definition) is 0. The Balaban J connectivity index is 2.40. The zero-order valence-electron chi connectivity index (χ0n) is 10.2. The Hall–Kier alpha value is -1.97. The Kier molecular flexibility index (Phi) is 4.02. The van der Waals surface area contributed by atoms with Crippen molar-refractivity contribution >= 4 is 17.3 Å². The largest absolute Gasteiger partial charge is 0.461 e. The molecule has 0 radical (unpaired) electrons. The third kappa shape index (κ3) is 2.95. The second kappa shape index (κ2) is 5.57. The molecule has 2 aromatic rings. The molecule has 0 fully saturated rings. The Morgan fingerprint density at radius 3 is 2.80 bits per heavy atom. The van der Waals surface area contributed by atoms with Crippen molar-refractivity contribution in [1.29, 1.82) is 0 Å². The van der Waals surface area contributed by atoms with Gasteiger partial charge in [0.05, 0.1) is 13.2 Å². The maximum Gasteiger partial charge on any atom is 0.435 e. The van der Waals surface area contributed by atoms with Crippen LogP contribution in [-0.2, 0) is 17.5 Å². The fourth-order valence-electron chi connectivity index (χ4n) is 1.50. The van der Waals surface area contributed by atoms with E-state index in [0.717, 1.165) is 0 Å². The van der Waals surface area contributed by atoms with Crippen molar-refractivity contribution in [1.82, 2.24) is 20.0 Å². The van der Waals surface area contributed by atoms with E-state index >= 15 is 0 Å². The molecule has 2 rings (SSSR count). The van der Waals surface area contributed by atoms with Gasteiger partial charge in [0.2, 0.25) is 5.69 Å². The minimum atomic E-state index is -4.76. The van der Waals surface area contributed by atoms with Gasteiger partial charge < -0.3 is 4.74 Å². The number of aromatic nitrogens is 4. The molecule has 108 valence electrons. The molecule has 0 aliphatic heterocycles. The van der Waals surface area contributed by atoms with Crippen molar-refractivity contribution in [2.45, 2.75) is 19.6 Å². The van der Waals surface area contributed by atoms with Crippen molar-refractivity contribution in [3.8, 4) is 0 Å². The maximum absolute atomic E-state index is 13.0. The average Bonchev–Trinajstić information content (AvgIpc) is 2.98. The van der Waals surface area contributed by atoms with Gasteiger partial charge in [0.25, 0.3) is 0 Å². The molecule has 0 aliphatic rings. The van der Waals surface area contributed by atoms with E-state index in [0.29, 0.717) is 9.69 Å². The molecule has 10 heteroatoms. The fraction of sp³-hybridized carbons (Fsp3) is 0.400. The minimum absolute atomic E-state index is 0.0462. The molecule has 0 bridgehead atoms.